The van der Waals surface area contributed by atoms with Crippen LogP contribution in [0, 0.1) is 0 Å². The van der Waals surface area contributed by atoms with Gasteiger partial charge in [-0.3, -0.25) is 4.79 Å². The van der Waals surface area contributed by atoms with E-state index in [9.17, 15) is 4.79 Å². The van der Waals surface area contributed by atoms with Gasteiger partial charge in [0.2, 0.25) is 5.91 Å². The van der Waals surface area contributed by atoms with Gasteiger partial charge in [0.1, 0.15) is 0 Å². The lowest BCUT2D eigenvalue weighted by Crippen LogP contribution is -2.45. The Morgan fingerprint density at radius 2 is 1.63 bits per heavy atom. The lowest BCUT2D eigenvalue weighted by Gasteiger charge is -2.25. The zero-order chi connectivity index (χ0) is 19.5. The highest BCUT2D eigenvalue weighted by atomic mass is 127. The molecule has 0 heterocycles. The van der Waals surface area contributed by atoms with Gasteiger partial charge in [-0.05, 0) is 46.0 Å². The summed E-state index contributed by atoms with van der Waals surface area (Å²) in [4.78, 5) is 23.0. The number of carbonyl (C=O) groups excluding carboxylic acids is 1. The van der Waals surface area contributed by atoms with Crippen molar-refractivity contribution < 1.29 is 4.79 Å². The Morgan fingerprint density at radius 1 is 1.04 bits per heavy atom. The molecule has 0 atom stereocenters. The Hall–Kier alpha value is -1.35. The molecule has 6 nitrogen and oxygen atoms in total. The number of rotatable bonds is 9. The molecular formula is C20H36IN5O. The van der Waals surface area contributed by atoms with Gasteiger partial charge in [-0.1, -0.05) is 24.3 Å². The first-order chi connectivity index (χ1) is 12.4. The molecule has 1 aromatic carbocycles. The van der Waals surface area contributed by atoms with Crippen LogP contribution < -0.4 is 5.32 Å². The smallest absolute Gasteiger partial charge is 0.242 e. The number of hydrogen-bond acceptors (Lipinski definition) is 3. The van der Waals surface area contributed by atoms with Gasteiger partial charge in [-0.25, -0.2) is 4.99 Å². The normalized spacial score (nSPS) is 11.1. The number of carbonyl (C=O) groups is 1. The van der Waals surface area contributed by atoms with Crippen molar-refractivity contribution in [3.05, 3.63) is 35.4 Å². The van der Waals surface area contributed by atoms with Crippen molar-refractivity contribution in [2.75, 3.05) is 47.3 Å². The van der Waals surface area contributed by atoms with Crippen LogP contribution in [-0.2, 0) is 17.9 Å². The highest BCUT2D eigenvalue weighted by molar-refractivity contribution is 14.0. The van der Waals surface area contributed by atoms with Crippen molar-refractivity contribution in [1.29, 1.82) is 0 Å². The first-order valence-electron chi connectivity index (χ1n) is 9.41. The van der Waals surface area contributed by atoms with Gasteiger partial charge in [0.05, 0.1) is 13.1 Å². The number of hydrogen-bond donors (Lipinski definition) is 1. The van der Waals surface area contributed by atoms with Crippen LogP contribution in [0.3, 0.4) is 0 Å². The van der Waals surface area contributed by atoms with Gasteiger partial charge in [0, 0.05) is 33.2 Å². The van der Waals surface area contributed by atoms with Crippen LogP contribution in [0.5, 0.6) is 0 Å². The number of guanidine groups is 1. The fourth-order valence-electron chi connectivity index (χ4n) is 2.79. The van der Waals surface area contributed by atoms with E-state index in [1.807, 2.05) is 43.7 Å². The van der Waals surface area contributed by atoms with Gasteiger partial charge in [-0.2, -0.15) is 0 Å². The SMILES string of the molecule is CCNC(=NCc1ccccc1CN(C)C)N(C)CC(=O)N(CC)CC.I. The molecule has 0 aliphatic rings. The Bertz CT molecular complexity index is 587. The van der Waals surface area contributed by atoms with E-state index in [1.165, 1.54) is 11.1 Å². The molecule has 0 aliphatic heterocycles. The molecule has 154 valence electrons. The van der Waals surface area contributed by atoms with Crippen molar-refractivity contribution >= 4 is 35.8 Å². The Labute approximate surface area is 182 Å². The summed E-state index contributed by atoms with van der Waals surface area (Å²) in [5.41, 5.74) is 2.49. The Balaban J connectivity index is 0.00000676. The van der Waals surface area contributed by atoms with E-state index in [-0.39, 0.29) is 29.9 Å². The fourth-order valence-corrected chi connectivity index (χ4v) is 2.79. The first kappa shape index (κ1) is 25.6. The zero-order valence-corrected chi connectivity index (χ0v) is 20.0. The number of halogens is 1. The minimum Gasteiger partial charge on any atom is -0.357 e. The number of amides is 1. The average molecular weight is 489 g/mol. The minimum absolute atomic E-state index is 0. The molecule has 1 aromatic rings. The van der Waals surface area contributed by atoms with Crippen molar-refractivity contribution in [1.82, 2.24) is 20.0 Å². The first-order valence-corrected chi connectivity index (χ1v) is 9.41. The third-order valence-electron chi connectivity index (χ3n) is 4.19. The molecule has 0 saturated heterocycles. The monoisotopic (exact) mass is 489 g/mol. The summed E-state index contributed by atoms with van der Waals surface area (Å²) < 4.78 is 0. The third kappa shape index (κ3) is 8.92. The summed E-state index contributed by atoms with van der Waals surface area (Å²) in [5, 5.41) is 3.29. The summed E-state index contributed by atoms with van der Waals surface area (Å²) in [7, 11) is 6.04. The predicted octanol–water partition coefficient (Wildman–Crippen LogP) is 2.63. The molecule has 0 bridgehead atoms. The summed E-state index contributed by atoms with van der Waals surface area (Å²) in [6.45, 7) is 10.1. The highest BCUT2D eigenvalue weighted by Crippen LogP contribution is 2.12. The maximum Gasteiger partial charge on any atom is 0.242 e. The lowest BCUT2D eigenvalue weighted by molar-refractivity contribution is -0.131. The van der Waals surface area contributed by atoms with E-state index in [1.54, 1.807) is 0 Å². The van der Waals surface area contributed by atoms with Crippen molar-refractivity contribution in [3.8, 4) is 0 Å². The average Bonchev–Trinajstić information content (AvgIpc) is 2.60. The van der Waals surface area contributed by atoms with Crippen LogP contribution in [0.4, 0.5) is 0 Å². The van der Waals surface area contributed by atoms with Crippen LogP contribution in [0.1, 0.15) is 31.9 Å². The van der Waals surface area contributed by atoms with Crippen LogP contribution in [0.15, 0.2) is 29.3 Å². The van der Waals surface area contributed by atoms with E-state index in [2.05, 4.69) is 42.5 Å². The van der Waals surface area contributed by atoms with E-state index in [0.717, 1.165) is 32.1 Å². The summed E-state index contributed by atoms with van der Waals surface area (Å²) in [5.74, 6) is 0.878. The van der Waals surface area contributed by atoms with E-state index in [4.69, 9.17) is 4.99 Å². The number of aliphatic imine (C=N–C) groups is 1. The molecular weight excluding hydrogens is 453 g/mol. The maximum absolute atomic E-state index is 12.4. The second kappa shape index (κ2) is 13.8. The standard InChI is InChI=1S/C20H35N5O.HI/c1-7-21-20(24(6)16-19(26)25(8-2)9-3)22-14-17-12-10-11-13-18(17)15-23(4)5;/h10-13H,7-9,14-16H2,1-6H3,(H,21,22);1H. The second-order valence-corrected chi connectivity index (χ2v) is 6.60. The Kier molecular flexibility index (Phi) is 13.1. The molecule has 0 radical (unpaired) electrons. The zero-order valence-electron chi connectivity index (χ0n) is 17.7. The van der Waals surface area contributed by atoms with Gasteiger partial charge in [-0.15, -0.1) is 24.0 Å². The molecule has 1 N–H and O–H groups in total. The molecule has 1 rings (SSSR count). The van der Waals surface area contributed by atoms with Gasteiger partial charge in [0.25, 0.3) is 0 Å². The van der Waals surface area contributed by atoms with Crippen LogP contribution in [0.25, 0.3) is 0 Å². The number of benzene rings is 1. The number of nitrogens with one attached hydrogen (secondary N) is 1. The molecule has 1 amide bonds. The van der Waals surface area contributed by atoms with Crippen molar-refractivity contribution in [2.45, 2.75) is 33.9 Å². The number of likely N-dealkylation sites (N-methyl/N-ethyl adjacent to an activating group) is 2. The molecule has 0 unspecified atom stereocenters. The van der Waals surface area contributed by atoms with E-state index in [0.29, 0.717) is 13.1 Å². The molecule has 0 aromatic heterocycles. The van der Waals surface area contributed by atoms with E-state index < -0.39 is 0 Å². The molecule has 0 fully saturated rings. The quantitative estimate of drug-likeness (QED) is 0.329. The molecule has 7 heteroatoms. The highest BCUT2D eigenvalue weighted by Gasteiger charge is 2.15. The van der Waals surface area contributed by atoms with Gasteiger partial charge < -0.3 is 20.0 Å². The van der Waals surface area contributed by atoms with Crippen LogP contribution in [0.2, 0.25) is 0 Å². The van der Waals surface area contributed by atoms with Crippen LogP contribution in [-0.4, -0.2) is 73.9 Å². The molecule has 0 aliphatic carbocycles. The summed E-state index contributed by atoms with van der Waals surface area (Å²) >= 11 is 0. The van der Waals surface area contributed by atoms with Crippen LogP contribution >= 0.6 is 24.0 Å². The van der Waals surface area contributed by atoms with Crippen molar-refractivity contribution in [3.63, 3.8) is 0 Å². The van der Waals surface area contributed by atoms with E-state index >= 15 is 0 Å². The summed E-state index contributed by atoms with van der Waals surface area (Å²) in [6.07, 6.45) is 0. The lowest BCUT2D eigenvalue weighted by atomic mass is 10.1. The van der Waals surface area contributed by atoms with Gasteiger partial charge >= 0.3 is 0 Å². The fraction of sp³-hybridized carbons (Fsp3) is 0.600. The predicted molar refractivity (Wildman–Crippen MR) is 125 cm³/mol. The summed E-state index contributed by atoms with van der Waals surface area (Å²) in [6, 6.07) is 8.37. The third-order valence-corrected chi connectivity index (χ3v) is 4.19. The van der Waals surface area contributed by atoms with Crippen molar-refractivity contribution in [2.24, 2.45) is 4.99 Å². The number of nitrogens with zero attached hydrogens (tertiary/aromatic N) is 4. The second-order valence-electron chi connectivity index (χ2n) is 6.60. The largest absolute Gasteiger partial charge is 0.357 e. The van der Waals surface area contributed by atoms with Gasteiger partial charge in [0.15, 0.2) is 5.96 Å². The maximum atomic E-state index is 12.4. The molecule has 0 spiro atoms. The molecule has 27 heavy (non-hydrogen) atoms. The topological polar surface area (TPSA) is 51.2 Å². The minimum atomic E-state index is 0. The Morgan fingerprint density at radius 3 is 2.15 bits per heavy atom. The molecule has 0 saturated carbocycles.